The minimum Gasteiger partial charge on any atom is -0.393 e. The largest absolute Gasteiger partial charge is 0.393 e. The summed E-state index contributed by atoms with van der Waals surface area (Å²) >= 11 is 0. The number of aliphatic hydroxyl groups excluding tert-OH is 1. The maximum Gasteiger partial charge on any atom is 0.0547 e. The summed E-state index contributed by atoms with van der Waals surface area (Å²) in [6.07, 6.45) is 8.78. The standard InChI is InChI=1S/C13H26O/c1-13(2,3)10-12(14)9-11-7-5-4-6-8-11/h11-12,14H,4-10H2,1-3H3. The van der Waals surface area contributed by atoms with Crippen LogP contribution in [0, 0.1) is 11.3 Å². The van der Waals surface area contributed by atoms with E-state index in [0.29, 0.717) is 0 Å². The van der Waals surface area contributed by atoms with Crippen molar-refractivity contribution in [3.05, 3.63) is 0 Å². The molecule has 1 atom stereocenters. The highest BCUT2D eigenvalue weighted by Gasteiger charge is 2.21. The second-order valence-electron chi connectivity index (χ2n) is 6.16. The average Bonchev–Trinajstić information content (AvgIpc) is 2.02. The molecule has 1 saturated carbocycles. The van der Waals surface area contributed by atoms with Gasteiger partial charge < -0.3 is 5.11 Å². The Morgan fingerprint density at radius 1 is 1.14 bits per heavy atom. The van der Waals surface area contributed by atoms with E-state index in [1.54, 1.807) is 0 Å². The van der Waals surface area contributed by atoms with Gasteiger partial charge in [0.15, 0.2) is 0 Å². The molecular weight excluding hydrogens is 172 g/mol. The van der Waals surface area contributed by atoms with Gasteiger partial charge in [0, 0.05) is 0 Å². The molecule has 1 N–H and O–H groups in total. The van der Waals surface area contributed by atoms with Gasteiger partial charge in [-0.05, 0) is 24.2 Å². The molecule has 0 spiro atoms. The molecule has 0 saturated heterocycles. The third kappa shape index (κ3) is 4.99. The van der Waals surface area contributed by atoms with E-state index in [0.717, 1.165) is 18.8 Å². The van der Waals surface area contributed by atoms with E-state index < -0.39 is 0 Å². The molecular formula is C13H26O. The highest BCUT2D eigenvalue weighted by molar-refractivity contribution is 4.73. The van der Waals surface area contributed by atoms with Crippen molar-refractivity contribution in [3.8, 4) is 0 Å². The fourth-order valence-corrected chi connectivity index (χ4v) is 2.60. The molecule has 84 valence electrons. The predicted molar refractivity (Wildman–Crippen MR) is 61.3 cm³/mol. The molecule has 1 nitrogen and oxygen atoms in total. The lowest BCUT2D eigenvalue weighted by atomic mass is 9.81. The SMILES string of the molecule is CC(C)(C)CC(O)CC1CCCCC1. The Morgan fingerprint density at radius 3 is 2.21 bits per heavy atom. The highest BCUT2D eigenvalue weighted by atomic mass is 16.3. The van der Waals surface area contributed by atoms with Gasteiger partial charge >= 0.3 is 0 Å². The zero-order valence-electron chi connectivity index (χ0n) is 10.1. The summed E-state index contributed by atoms with van der Waals surface area (Å²) < 4.78 is 0. The fraction of sp³-hybridized carbons (Fsp3) is 1.00. The van der Waals surface area contributed by atoms with Crippen LogP contribution in [0.1, 0.15) is 65.7 Å². The molecule has 1 heteroatoms. The number of aliphatic hydroxyl groups is 1. The van der Waals surface area contributed by atoms with Crippen molar-refractivity contribution in [2.24, 2.45) is 11.3 Å². The molecule has 1 fully saturated rings. The van der Waals surface area contributed by atoms with E-state index in [-0.39, 0.29) is 11.5 Å². The molecule has 0 radical (unpaired) electrons. The first kappa shape index (κ1) is 12.0. The van der Waals surface area contributed by atoms with Crippen LogP contribution in [0.5, 0.6) is 0 Å². The molecule has 1 aliphatic carbocycles. The van der Waals surface area contributed by atoms with E-state index in [9.17, 15) is 5.11 Å². The van der Waals surface area contributed by atoms with E-state index in [1.807, 2.05) is 0 Å². The van der Waals surface area contributed by atoms with Crippen LogP contribution in [0.15, 0.2) is 0 Å². The molecule has 1 unspecified atom stereocenters. The van der Waals surface area contributed by atoms with Crippen LogP contribution < -0.4 is 0 Å². The van der Waals surface area contributed by atoms with Crippen molar-refractivity contribution >= 4 is 0 Å². The minimum atomic E-state index is -0.0712. The summed E-state index contributed by atoms with van der Waals surface area (Å²) in [7, 11) is 0. The van der Waals surface area contributed by atoms with E-state index in [4.69, 9.17) is 0 Å². The third-order valence-electron chi connectivity index (χ3n) is 3.18. The van der Waals surface area contributed by atoms with Crippen LogP contribution >= 0.6 is 0 Å². The minimum absolute atomic E-state index is 0.0712. The van der Waals surface area contributed by atoms with Gasteiger partial charge in [0.25, 0.3) is 0 Å². The normalized spacial score (nSPS) is 22.3. The Labute approximate surface area is 88.9 Å². The van der Waals surface area contributed by atoms with Crippen LogP contribution in [0.2, 0.25) is 0 Å². The monoisotopic (exact) mass is 198 g/mol. The summed E-state index contributed by atoms with van der Waals surface area (Å²) in [5.41, 5.74) is 0.272. The Hall–Kier alpha value is -0.0400. The molecule has 0 amide bonds. The Kier molecular flexibility index (Phi) is 4.43. The summed E-state index contributed by atoms with van der Waals surface area (Å²) in [5, 5.41) is 9.94. The lowest BCUT2D eigenvalue weighted by Crippen LogP contribution is -2.21. The summed E-state index contributed by atoms with van der Waals surface area (Å²) in [4.78, 5) is 0. The summed E-state index contributed by atoms with van der Waals surface area (Å²) in [5.74, 6) is 0.807. The first-order valence-electron chi connectivity index (χ1n) is 6.15. The van der Waals surface area contributed by atoms with Crippen molar-refractivity contribution in [2.75, 3.05) is 0 Å². The highest BCUT2D eigenvalue weighted by Crippen LogP contribution is 2.30. The molecule has 0 bridgehead atoms. The van der Waals surface area contributed by atoms with Crippen LogP contribution in [0.4, 0.5) is 0 Å². The van der Waals surface area contributed by atoms with Gasteiger partial charge in [-0.3, -0.25) is 0 Å². The van der Waals surface area contributed by atoms with Crippen LogP contribution in [0.25, 0.3) is 0 Å². The van der Waals surface area contributed by atoms with E-state index in [2.05, 4.69) is 20.8 Å². The summed E-state index contributed by atoms with van der Waals surface area (Å²) in [6, 6.07) is 0. The predicted octanol–water partition coefficient (Wildman–Crippen LogP) is 3.75. The first-order chi connectivity index (χ1) is 6.47. The summed E-state index contributed by atoms with van der Waals surface area (Å²) in [6.45, 7) is 6.62. The van der Waals surface area contributed by atoms with Gasteiger partial charge in [-0.1, -0.05) is 52.9 Å². The molecule has 0 aromatic carbocycles. The van der Waals surface area contributed by atoms with Crippen molar-refractivity contribution in [2.45, 2.75) is 71.8 Å². The number of rotatable bonds is 3. The second-order valence-corrected chi connectivity index (χ2v) is 6.16. The zero-order valence-corrected chi connectivity index (χ0v) is 10.1. The second kappa shape index (κ2) is 5.16. The van der Waals surface area contributed by atoms with Crippen LogP contribution in [-0.2, 0) is 0 Å². The number of hydrogen-bond acceptors (Lipinski definition) is 1. The van der Waals surface area contributed by atoms with Crippen LogP contribution in [-0.4, -0.2) is 11.2 Å². The Morgan fingerprint density at radius 2 is 1.71 bits per heavy atom. The first-order valence-corrected chi connectivity index (χ1v) is 6.15. The lowest BCUT2D eigenvalue weighted by molar-refractivity contribution is 0.0884. The van der Waals surface area contributed by atoms with Gasteiger partial charge in [0.1, 0.15) is 0 Å². The topological polar surface area (TPSA) is 20.2 Å². The fourth-order valence-electron chi connectivity index (χ4n) is 2.60. The molecule has 1 rings (SSSR count). The van der Waals surface area contributed by atoms with E-state index in [1.165, 1.54) is 32.1 Å². The van der Waals surface area contributed by atoms with Gasteiger partial charge in [-0.2, -0.15) is 0 Å². The maximum absolute atomic E-state index is 9.94. The Bertz CT molecular complexity index is 151. The van der Waals surface area contributed by atoms with Gasteiger partial charge in [-0.15, -0.1) is 0 Å². The van der Waals surface area contributed by atoms with E-state index >= 15 is 0 Å². The molecule has 0 aromatic heterocycles. The molecule has 1 aliphatic rings. The van der Waals surface area contributed by atoms with Crippen molar-refractivity contribution in [1.82, 2.24) is 0 Å². The molecule has 0 heterocycles. The quantitative estimate of drug-likeness (QED) is 0.732. The van der Waals surface area contributed by atoms with Crippen molar-refractivity contribution < 1.29 is 5.11 Å². The maximum atomic E-state index is 9.94. The lowest BCUT2D eigenvalue weighted by Gasteiger charge is -2.27. The van der Waals surface area contributed by atoms with Gasteiger partial charge in [-0.25, -0.2) is 0 Å². The number of hydrogen-bond donors (Lipinski definition) is 1. The third-order valence-corrected chi connectivity index (χ3v) is 3.18. The average molecular weight is 198 g/mol. The zero-order chi connectivity index (χ0) is 10.6. The van der Waals surface area contributed by atoms with Crippen molar-refractivity contribution in [1.29, 1.82) is 0 Å². The Balaban J connectivity index is 2.21. The molecule has 0 aromatic rings. The molecule has 14 heavy (non-hydrogen) atoms. The van der Waals surface area contributed by atoms with Crippen molar-refractivity contribution in [3.63, 3.8) is 0 Å². The van der Waals surface area contributed by atoms with Crippen LogP contribution in [0.3, 0.4) is 0 Å². The molecule has 0 aliphatic heterocycles. The van der Waals surface area contributed by atoms with Gasteiger partial charge in [0.05, 0.1) is 6.10 Å². The smallest absolute Gasteiger partial charge is 0.0547 e. The van der Waals surface area contributed by atoms with Gasteiger partial charge in [0.2, 0.25) is 0 Å².